The zero-order valence-electron chi connectivity index (χ0n) is 18.3. The van der Waals surface area contributed by atoms with Crippen LogP contribution in [-0.4, -0.2) is 62.1 Å². The number of likely N-dealkylation sites (tertiary alicyclic amines) is 1. The Kier molecular flexibility index (Phi) is 8.76. The molecule has 0 aliphatic carbocycles. The van der Waals surface area contributed by atoms with E-state index in [-0.39, 0.29) is 11.3 Å². The van der Waals surface area contributed by atoms with Crippen LogP contribution in [-0.2, 0) is 10.2 Å². The summed E-state index contributed by atoms with van der Waals surface area (Å²) in [6.45, 7) is 12.6. The molecule has 1 heterocycles. The summed E-state index contributed by atoms with van der Waals surface area (Å²) < 4.78 is 6.02. The van der Waals surface area contributed by atoms with Crippen molar-refractivity contribution in [2.45, 2.75) is 52.0 Å². The summed E-state index contributed by atoms with van der Waals surface area (Å²) in [6.07, 6.45) is 1.93. The standard InChI is InChI=1S/C22H37N5O2/c1-5-24-21(26-17-10-13-27(14-11-17)16-20(23)28)25-12-15-29-19-9-7-6-8-18(19)22(2,3)4/h6-9,17H,5,10-16H2,1-4H3,(H2,23,28)(H2,24,25,26). The van der Waals surface area contributed by atoms with E-state index in [4.69, 9.17) is 10.5 Å². The Morgan fingerprint density at radius 2 is 1.97 bits per heavy atom. The number of nitrogens with zero attached hydrogens (tertiary/aromatic N) is 2. The smallest absolute Gasteiger partial charge is 0.231 e. The molecule has 0 atom stereocenters. The first kappa shape index (κ1) is 23.0. The molecule has 0 saturated carbocycles. The molecule has 162 valence electrons. The van der Waals surface area contributed by atoms with Crippen LogP contribution in [0.2, 0.25) is 0 Å². The first-order chi connectivity index (χ1) is 13.8. The maximum Gasteiger partial charge on any atom is 0.231 e. The third kappa shape index (κ3) is 7.93. The minimum Gasteiger partial charge on any atom is -0.491 e. The lowest BCUT2D eigenvalue weighted by Crippen LogP contribution is -2.49. The fraction of sp³-hybridized carbons (Fsp3) is 0.636. The number of carbonyl (C=O) groups excluding carboxylic acids is 1. The average Bonchev–Trinajstić information content (AvgIpc) is 2.66. The summed E-state index contributed by atoms with van der Waals surface area (Å²) in [4.78, 5) is 17.8. The first-order valence-corrected chi connectivity index (χ1v) is 10.6. The number of benzene rings is 1. The molecule has 2 rings (SSSR count). The second kappa shape index (κ2) is 11.0. The van der Waals surface area contributed by atoms with Crippen molar-refractivity contribution in [3.05, 3.63) is 29.8 Å². The van der Waals surface area contributed by atoms with Crippen molar-refractivity contribution in [2.24, 2.45) is 10.7 Å². The highest BCUT2D eigenvalue weighted by Crippen LogP contribution is 2.30. The van der Waals surface area contributed by atoms with Crippen molar-refractivity contribution in [3.8, 4) is 5.75 Å². The van der Waals surface area contributed by atoms with Crippen LogP contribution < -0.4 is 21.1 Å². The van der Waals surface area contributed by atoms with Gasteiger partial charge in [-0.1, -0.05) is 39.0 Å². The van der Waals surface area contributed by atoms with Gasteiger partial charge < -0.3 is 21.1 Å². The van der Waals surface area contributed by atoms with Gasteiger partial charge in [-0.15, -0.1) is 0 Å². The molecule has 0 bridgehead atoms. The van der Waals surface area contributed by atoms with Crippen LogP contribution in [0.4, 0.5) is 0 Å². The summed E-state index contributed by atoms with van der Waals surface area (Å²) in [5, 5.41) is 6.81. The number of rotatable bonds is 8. The SMILES string of the molecule is CCNC(=NCCOc1ccccc1C(C)(C)C)NC1CCN(CC(N)=O)CC1. The number of amides is 1. The highest BCUT2D eigenvalue weighted by molar-refractivity contribution is 5.80. The van der Waals surface area contributed by atoms with Gasteiger partial charge in [0.1, 0.15) is 12.4 Å². The number of hydrogen-bond acceptors (Lipinski definition) is 4. The summed E-state index contributed by atoms with van der Waals surface area (Å²) in [7, 11) is 0. The van der Waals surface area contributed by atoms with Crippen LogP contribution in [0.15, 0.2) is 29.3 Å². The molecule has 1 aromatic rings. The minimum absolute atomic E-state index is 0.0414. The molecule has 1 saturated heterocycles. The van der Waals surface area contributed by atoms with Crippen molar-refractivity contribution >= 4 is 11.9 Å². The minimum atomic E-state index is -0.264. The van der Waals surface area contributed by atoms with Crippen LogP contribution in [0.1, 0.15) is 46.1 Å². The third-order valence-corrected chi connectivity index (χ3v) is 4.97. The Hall–Kier alpha value is -2.28. The van der Waals surface area contributed by atoms with Gasteiger partial charge in [-0.25, -0.2) is 4.99 Å². The molecule has 0 radical (unpaired) electrons. The third-order valence-electron chi connectivity index (χ3n) is 4.97. The largest absolute Gasteiger partial charge is 0.491 e. The number of ether oxygens (including phenoxy) is 1. The van der Waals surface area contributed by atoms with E-state index < -0.39 is 0 Å². The van der Waals surface area contributed by atoms with Crippen LogP contribution in [0.3, 0.4) is 0 Å². The maximum atomic E-state index is 11.1. The Labute approximate surface area is 175 Å². The Morgan fingerprint density at radius 1 is 1.28 bits per heavy atom. The molecule has 1 aromatic carbocycles. The highest BCUT2D eigenvalue weighted by Gasteiger charge is 2.21. The quantitative estimate of drug-likeness (QED) is 0.350. The van der Waals surface area contributed by atoms with Crippen molar-refractivity contribution in [3.63, 3.8) is 0 Å². The lowest BCUT2D eigenvalue weighted by Gasteiger charge is -2.32. The molecular weight excluding hydrogens is 366 g/mol. The number of carbonyl (C=O) groups is 1. The van der Waals surface area contributed by atoms with Crippen molar-refractivity contribution in [1.82, 2.24) is 15.5 Å². The van der Waals surface area contributed by atoms with Crippen molar-refractivity contribution in [2.75, 3.05) is 39.3 Å². The highest BCUT2D eigenvalue weighted by atomic mass is 16.5. The molecular formula is C22H37N5O2. The number of primary amides is 1. The summed E-state index contributed by atoms with van der Waals surface area (Å²) in [5.74, 6) is 1.47. The molecule has 0 aromatic heterocycles. The summed E-state index contributed by atoms with van der Waals surface area (Å²) in [5.41, 5.74) is 6.53. The number of nitrogens with two attached hydrogens (primary N) is 1. The molecule has 1 aliphatic rings. The van der Waals surface area contributed by atoms with Crippen LogP contribution in [0, 0.1) is 0 Å². The van der Waals surface area contributed by atoms with E-state index in [0.29, 0.717) is 25.7 Å². The number of piperidine rings is 1. The van der Waals surface area contributed by atoms with Gasteiger partial charge >= 0.3 is 0 Å². The summed E-state index contributed by atoms with van der Waals surface area (Å²) >= 11 is 0. The van der Waals surface area contributed by atoms with E-state index in [1.54, 1.807) is 0 Å². The molecule has 29 heavy (non-hydrogen) atoms. The molecule has 0 spiro atoms. The molecule has 7 heteroatoms. The van der Waals surface area contributed by atoms with E-state index in [1.165, 1.54) is 5.56 Å². The molecule has 7 nitrogen and oxygen atoms in total. The second-order valence-electron chi connectivity index (χ2n) is 8.52. The van der Waals surface area contributed by atoms with Gasteiger partial charge in [0, 0.05) is 25.7 Å². The molecule has 1 fully saturated rings. The molecule has 4 N–H and O–H groups in total. The van der Waals surface area contributed by atoms with Crippen molar-refractivity contribution < 1.29 is 9.53 Å². The van der Waals surface area contributed by atoms with E-state index >= 15 is 0 Å². The normalized spacial score (nSPS) is 16.5. The number of para-hydroxylation sites is 1. The van der Waals surface area contributed by atoms with Crippen LogP contribution >= 0.6 is 0 Å². The second-order valence-corrected chi connectivity index (χ2v) is 8.52. The van der Waals surface area contributed by atoms with E-state index in [2.05, 4.69) is 54.3 Å². The van der Waals surface area contributed by atoms with Crippen molar-refractivity contribution in [1.29, 1.82) is 0 Å². The predicted octanol–water partition coefficient (Wildman–Crippen LogP) is 1.87. The zero-order valence-corrected chi connectivity index (χ0v) is 18.3. The number of guanidine groups is 1. The van der Waals surface area contributed by atoms with E-state index in [1.807, 2.05) is 18.2 Å². The first-order valence-electron chi connectivity index (χ1n) is 10.6. The van der Waals surface area contributed by atoms with Crippen LogP contribution in [0.25, 0.3) is 0 Å². The molecule has 1 amide bonds. The monoisotopic (exact) mass is 403 g/mol. The van der Waals surface area contributed by atoms with Gasteiger partial charge in [-0.05, 0) is 36.8 Å². The van der Waals surface area contributed by atoms with Gasteiger partial charge in [0.15, 0.2) is 5.96 Å². The van der Waals surface area contributed by atoms with E-state index in [0.717, 1.165) is 44.2 Å². The van der Waals surface area contributed by atoms with Crippen LogP contribution in [0.5, 0.6) is 5.75 Å². The maximum absolute atomic E-state index is 11.1. The number of aliphatic imine (C=N–C) groups is 1. The lowest BCUT2D eigenvalue weighted by molar-refractivity contribution is -0.119. The Balaban J connectivity index is 1.83. The predicted molar refractivity (Wildman–Crippen MR) is 118 cm³/mol. The number of hydrogen-bond donors (Lipinski definition) is 3. The van der Waals surface area contributed by atoms with E-state index in [9.17, 15) is 4.79 Å². The van der Waals surface area contributed by atoms with Gasteiger partial charge in [0.2, 0.25) is 5.91 Å². The summed E-state index contributed by atoms with van der Waals surface area (Å²) in [6, 6.07) is 8.54. The fourth-order valence-electron chi connectivity index (χ4n) is 3.49. The molecule has 0 unspecified atom stereocenters. The zero-order chi connectivity index (χ0) is 21.3. The van der Waals surface area contributed by atoms with Gasteiger partial charge in [-0.2, -0.15) is 0 Å². The lowest BCUT2D eigenvalue weighted by atomic mass is 9.86. The fourth-order valence-corrected chi connectivity index (χ4v) is 3.49. The Bertz CT molecular complexity index is 676. The topological polar surface area (TPSA) is 92.0 Å². The molecule has 1 aliphatic heterocycles. The van der Waals surface area contributed by atoms with Gasteiger partial charge in [0.05, 0.1) is 13.1 Å². The average molecular weight is 404 g/mol. The number of nitrogens with one attached hydrogen (secondary N) is 2. The van der Waals surface area contributed by atoms with Gasteiger partial charge in [0.25, 0.3) is 0 Å². The van der Waals surface area contributed by atoms with Gasteiger partial charge in [-0.3, -0.25) is 9.69 Å². The Morgan fingerprint density at radius 3 is 2.59 bits per heavy atom.